The van der Waals surface area contributed by atoms with Crippen LogP contribution < -0.4 is 10.0 Å². The minimum Gasteiger partial charge on any atom is -0.383 e. The van der Waals surface area contributed by atoms with Crippen molar-refractivity contribution in [3.8, 4) is 6.07 Å². The van der Waals surface area contributed by atoms with Crippen molar-refractivity contribution in [2.24, 2.45) is 0 Å². The second kappa shape index (κ2) is 5.59. The van der Waals surface area contributed by atoms with Gasteiger partial charge in [0.05, 0.1) is 17.9 Å². The Balaban J connectivity index is 2.75. The summed E-state index contributed by atoms with van der Waals surface area (Å²) in [6.07, 6.45) is 1.14. The molecule has 0 saturated heterocycles. The van der Waals surface area contributed by atoms with Gasteiger partial charge in [-0.15, -0.1) is 0 Å². The van der Waals surface area contributed by atoms with Crippen molar-refractivity contribution in [3.05, 3.63) is 29.3 Å². The van der Waals surface area contributed by atoms with Gasteiger partial charge in [0.1, 0.15) is 0 Å². The summed E-state index contributed by atoms with van der Waals surface area (Å²) in [5.41, 5.74) is 1.86. The molecule has 0 saturated carbocycles. The molecular weight excluding hydrogens is 262 g/mol. The summed E-state index contributed by atoms with van der Waals surface area (Å²) in [4.78, 5) is 0. The fraction of sp³-hybridized carbons (Fsp3) is 0.462. The van der Waals surface area contributed by atoms with Crippen molar-refractivity contribution in [3.63, 3.8) is 0 Å². The number of hydrogen-bond acceptors (Lipinski definition) is 4. The quantitative estimate of drug-likeness (QED) is 0.859. The number of hydrogen-bond donors (Lipinski definition) is 2. The molecule has 0 aliphatic carbocycles. The maximum absolute atomic E-state index is 11.2. The van der Waals surface area contributed by atoms with Crippen molar-refractivity contribution < 1.29 is 8.42 Å². The van der Waals surface area contributed by atoms with Gasteiger partial charge >= 0.3 is 0 Å². The maximum atomic E-state index is 11.2. The summed E-state index contributed by atoms with van der Waals surface area (Å²) in [7, 11) is -3.24. The van der Waals surface area contributed by atoms with E-state index in [4.69, 9.17) is 5.26 Å². The molecule has 2 N–H and O–H groups in total. The van der Waals surface area contributed by atoms with Crippen molar-refractivity contribution in [1.82, 2.24) is 4.72 Å². The Labute approximate surface area is 114 Å². The zero-order valence-electron chi connectivity index (χ0n) is 11.6. The normalized spacial score (nSPS) is 11.9. The van der Waals surface area contributed by atoms with E-state index in [1.165, 1.54) is 0 Å². The van der Waals surface area contributed by atoms with Crippen LogP contribution in [0, 0.1) is 18.3 Å². The smallest absolute Gasteiger partial charge is 0.209 e. The van der Waals surface area contributed by atoms with Gasteiger partial charge in [-0.3, -0.25) is 0 Å². The van der Waals surface area contributed by atoms with Crippen LogP contribution in [0.1, 0.15) is 25.0 Å². The first kappa shape index (κ1) is 15.5. The van der Waals surface area contributed by atoms with Gasteiger partial charge in [0, 0.05) is 17.8 Å². The maximum Gasteiger partial charge on any atom is 0.209 e. The van der Waals surface area contributed by atoms with Crippen molar-refractivity contribution in [2.75, 3.05) is 18.1 Å². The van der Waals surface area contributed by atoms with Crippen LogP contribution in [0.5, 0.6) is 0 Å². The molecular formula is C13H19N3O2S. The zero-order valence-corrected chi connectivity index (χ0v) is 12.4. The molecule has 0 atom stereocenters. The third kappa shape index (κ3) is 5.28. The lowest BCUT2D eigenvalue weighted by Gasteiger charge is -2.26. The Hall–Kier alpha value is -1.58. The molecule has 1 rings (SSSR count). The Morgan fingerprint density at radius 1 is 1.37 bits per heavy atom. The van der Waals surface area contributed by atoms with Gasteiger partial charge in [-0.1, -0.05) is 0 Å². The Morgan fingerprint density at radius 2 is 2.00 bits per heavy atom. The standard InChI is InChI=1S/C13H19N3O2S/c1-10-7-11(8-14)5-6-12(10)15-9-13(2,3)16-19(4,17)18/h5-7,15-16H,9H2,1-4H3. The second-order valence-electron chi connectivity index (χ2n) is 5.25. The van der Waals surface area contributed by atoms with Gasteiger partial charge in [0.25, 0.3) is 0 Å². The number of benzene rings is 1. The third-order valence-corrected chi connectivity index (χ3v) is 3.46. The lowest BCUT2D eigenvalue weighted by Crippen LogP contribution is -2.47. The van der Waals surface area contributed by atoms with E-state index in [9.17, 15) is 8.42 Å². The molecule has 5 nitrogen and oxygen atoms in total. The van der Waals surface area contributed by atoms with Crippen LogP contribution in [-0.2, 0) is 10.0 Å². The van der Waals surface area contributed by atoms with Crippen LogP contribution in [0.2, 0.25) is 0 Å². The molecule has 1 aromatic rings. The SMILES string of the molecule is Cc1cc(C#N)ccc1NCC(C)(C)NS(C)(=O)=O. The van der Waals surface area contributed by atoms with Gasteiger partial charge in [0.2, 0.25) is 10.0 Å². The van der Waals surface area contributed by atoms with E-state index in [0.29, 0.717) is 12.1 Å². The second-order valence-corrected chi connectivity index (χ2v) is 7.00. The molecule has 1 aromatic carbocycles. The number of aryl methyl sites for hydroxylation is 1. The summed E-state index contributed by atoms with van der Waals surface area (Å²) < 4.78 is 25.0. The summed E-state index contributed by atoms with van der Waals surface area (Å²) in [5.74, 6) is 0. The van der Waals surface area contributed by atoms with E-state index >= 15 is 0 Å². The highest BCUT2D eigenvalue weighted by Crippen LogP contribution is 2.17. The fourth-order valence-electron chi connectivity index (χ4n) is 1.79. The molecule has 0 amide bonds. The third-order valence-electron chi connectivity index (χ3n) is 2.54. The van der Waals surface area contributed by atoms with E-state index in [2.05, 4.69) is 16.1 Å². The molecule has 0 aromatic heterocycles. The van der Waals surface area contributed by atoms with Crippen molar-refractivity contribution in [2.45, 2.75) is 26.3 Å². The largest absolute Gasteiger partial charge is 0.383 e. The molecule has 0 fully saturated rings. The fourth-order valence-corrected chi connectivity index (χ4v) is 2.86. The van der Waals surface area contributed by atoms with E-state index in [-0.39, 0.29) is 0 Å². The lowest BCUT2D eigenvalue weighted by atomic mass is 10.1. The Bertz CT molecular complexity index is 601. The summed E-state index contributed by atoms with van der Waals surface area (Å²) >= 11 is 0. The number of rotatable bonds is 5. The van der Waals surface area contributed by atoms with E-state index < -0.39 is 15.6 Å². The van der Waals surface area contributed by atoms with Crippen LogP contribution in [0.4, 0.5) is 5.69 Å². The molecule has 0 aliphatic heterocycles. The molecule has 0 unspecified atom stereocenters. The van der Waals surface area contributed by atoms with E-state index in [1.807, 2.05) is 13.0 Å². The molecule has 6 heteroatoms. The molecule has 19 heavy (non-hydrogen) atoms. The van der Waals surface area contributed by atoms with Crippen LogP contribution in [0.25, 0.3) is 0 Å². The molecule has 0 heterocycles. The zero-order chi connectivity index (χ0) is 14.7. The van der Waals surface area contributed by atoms with Gasteiger partial charge in [0.15, 0.2) is 0 Å². The molecule has 0 radical (unpaired) electrons. The van der Waals surface area contributed by atoms with E-state index in [1.54, 1.807) is 26.0 Å². The Kier molecular flexibility index (Phi) is 4.56. The monoisotopic (exact) mass is 281 g/mol. The average Bonchev–Trinajstić information content (AvgIpc) is 2.24. The van der Waals surface area contributed by atoms with Crippen LogP contribution in [0.15, 0.2) is 18.2 Å². The van der Waals surface area contributed by atoms with Crippen LogP contribution in [-0.4, -0.2) is 26.8 Å². The van der Waals surface area contributed by atoms with Crippen molar-refractivity contribution in [1.29, 1.82) is 5.26 Å². The first-order valence-electron chi connectivity index (χ1n) is 5.86. The highest BCUT2D eigenvalue weighted by Gasteiger charge is 2.21. The first-order chi connectivity index (χ1) is 8.63. The predicted molar refractivity (Wildman–Crippen MR) is 76.4 cm³/mol. The molecule has 0 aliphatic rings. The predicted octanol–water partition coefficient (Wildman–Crippen LogP) is 1.61. The minimum atomic E-state index is -3.24. The highest BCUT2D eigenvalue weighted by molar-refractivity contribution is 7.88. The molecule has 0 spiro atoms. The number of sulfonamides is 1. The van der Waals surface area contributed by atoms with Gasteiger partial charge in [-0.25, -0.2) is 13.1 Å². The summed E-state index contributed by atoms with van der Waals surface area (Å²) in [6.45, 7) is 5.97. The van der Waals surface area contributed by atoms with E-state index in [0.717, 1.165) is 17.5 Å². The summed E-state index contributed by atoms with van der Waals surface area (Å²) in [6, 6.07) is 7.42. The summed E-state index contributed by atoms with van der Waals surface area (Å²) in [5, 5.41) is 12.0. The molecule has 0 bridgehead atoms. The molecule has 104 valence electrons. The lowest BCUT2D eigenvalue weighted by molar-refractivity contribution is 0.476. The van der Waals surface area contributed by atoms with Crippen molar-refractivity contribution >= 4 is 15.7 Å². The first-order valence-corrected chi connectivity index (χ1v) is 7.76. The number of nitrogens with one attached hydrogen (secondary N) is 2. The van der Waals surface area contributed by atoms with Gasteiger partial charge < -0.3 is 5.32 Å². The number of anilines is 1. The van der Waals surface area contributed by atoms with Gasteiger partial charge in [-0.05, 0) is 44.5 Å². The number of nitriles is 1. The minimum absolute atomic E-state index is 0.451. The topological polar surface area (TPSA) is 82.0 Å². The highest BCUT2D eigenvalue weighted by atomic mass is 32.2. The number of nitrogens with zero attached hydrogens (tertiary/aromatic N) is 1. The van der Waals surface area contributed by atoms with Crippen LogP contribution in [0.3, 0.4) is 0 Å². The Morgan fingerprint density at radius 3 is 2.47 bits per heavy atom. The van der Waals surface area contributed by atoms with Gasteiger partial charge in [-0.2, -0.15) is 5.26 Å². The van der Waals surface area contributed by atoms with Crippen LogP contribution >= 0.6 is 0 Å². The average molecular weight is 281 g/mol.